The average Bonchev–Trinajstić information content (AvgIpc) is 3.11. The fourth-order valence-electron chi connectivity index (χ4n) is 3.61. The fourth-order valence-corrected chi connectivity index (χ4v) is 3.61. The molecule has 0 aliphatic carbocycles. The van der Waals surface area contributed by atoms with Gasteiger partial charge in [0.1, 0.15) is 23.8 Å². The van der Waals surface area contributed by atoms with Crippen LogP contribution >= 0.6 is 0 Å². The first-order chi connectivity index (χ1) is 15.0. The molecule has 8 heteroatoms. The summed E-state index contributed by atoms with van der Waals surface area (Å²) in [6.45, 7) is 0.684. The van der Waals surface area contributed by atoms with E-state index < -0.39 is 0 Å². The Kier molecular flexibility index (Phi) is 4.54. The summed E-state index contributed by atoms with van der Waals surface area (Å²) in [4.78, 5) is 16.1. The number of aromatic nitrogens is 3. The molecule has 5 rings (SSSR count). The zero-order chi connectivity index (χ0) is 21.5. The molecule has 0 amide bonds. The molecule has 0 radical (unpaired) electrons. The molecule has 0 spiro atoms. The summed E-state index contributed by atoms with van der Waals surface area (Å²) in [5.74, 6) is 0.121. The molecule has 0 fully saturated rings. The zero-order valence-electron chi connectivity index (χ0n) is 16.9. The minimum atomic E-state index is -0.338. The molecule has 0 bridgehead atoms. The molecule has 2 aromatic carbocycles. The van der Waals surface area contributed by atoms with E-state index in [0.717, 1.165) is 11.4 Å². The van der Waals surface area contributed by atoms with E-state index in [9.17, 15) is 8.78 Å². The molecule has 1 aliphatic rings. The molecule has 2 aromatic heterocycles. The third-order valence-corrected chi connectivity index (χ3v) is 5.06. The van der Waals surface area contributed by atoms with Crippen LogP contribution in [0.4, 0.5) is 8.78 Å². The molecule has 0 N–H and O–H groups in total. The van der Waals surface area contributed by atoms with Crippen molar-refractivity contribution in [2.24, 2.45) is 5.10 Å². The molecular weight excluding hydrogens is 398 g/mol. The van der Waals surface area contributed by atoms with Gasteiger partial charge in [-0.25, -0.2) is 23.7 Å². The van der Waals surface area contributed by atoms with Crippen molar-refractivity contribution in [3.63, 3.8) is 0 Å². The first-order valence-corrected chi connectivity index (χ1v) is 9.69. The number of pyridine rings is 1. The number of benzene rings is 2. The summed E-state index contributed by atoms with van der Waals surface area (Å²) in [5, 5.41) is 6.36. The summed E-state index contributed by atoms with van der Waals surface area (Å²) in [7, 11) is 3.86. The van der Waals surface area contributed by atoms with Gasteiger partial charge in [-0.15, -0.1) is 0 Å². The van der Waals surface area contributed by atoms with Crippen molar-refractivity contribution in [3.8, 4) is 22.5 Å². The van der Waals surface area contributed by atoms with Gasteiger partial charge >= 0.3 is 0 Å². The van der Waals surface area contributed by atoms with E-state index >= 15 is 0 Å². The highest BCUT2D eigenvalue weighted by molar-refractivity contribution is 6.01. The monoisotopic (exact) mass is 416 g/mol. The fraction of sp³-hybridized carbons (Fsp3) is 0.130. The molecule has 31 heavy (non-hydrogen) atoms. The van der Waals surface area contributed by atoms with Gasteiger partial charge in [-0.2, -0.15) is 5.10 Å². The van der Waals surface area contributed by atoms with Crippen LogP contribution in [-0.2, 0) is 0 Å². The number of halogens is 2. The Labute approximate surface area is 177 Å². The van der Waals surface area contributed by atoms with Crippen LogP contribution in [0.15, 0.2) is 65.9 Å². The van der Waals surface area contributed by atoms with E-state index in [1.165, 1.54) is 24.3 Å². The number of fused-ring (bicyclic) bond motifs is 1. The molecule has 154 valence electrons. The molecule has 0 atom stereocenters. The second kappa shape index (κ2) is 7.39. The van der Waals surface area contributed by atoms with E-state index in [4.69, 9.17) is 9.97 Å². The second-order valence-corrected chi connectivity index (χ2v) is 7.42. The first-order valence-electron chi connectivity index (χ1n) is 9.69. The molecule has 1 aliphatic heterocycles. The van der Waals surface area contributed by atoms with E-state index in [1.807, 2.05) is 30.1 Å². The van der Waals surface area contributed by atoms with Crippen molar-refractivity contribution in [1.29, 1.82) is 0 Å². The maximum Gasteiger partial charge on any atom is 0.178 e. The first kappa shape index (κ1) is 19.0. The van der Waals surface area contributed by atoms with E-state index in [1.54, 1.807) is 30.5 Å². The van der Waals surface area contributed by atoms with E-state index in [0.29, 0.717) is 40.3 Å². The summed E-state index contributed by atoms with van der Waals surface area (Å²) >= 11 is 0. The smallest absolute Gasteiger partial charge is 0.178 e. The quantitative estimate of drug-likeness (QED) is 0.503. The van der Waals surface area contributed by atoms with Crippen LogP contribution in [0.5, 0.6) is 0 Å². The van der Waals surface area contributed by atoms with Crippen LogP contribution in [0.3, 0.4) is 0 Å². The number of rotatable bonds is 3. The van der Waals surface area contributed by atoms with Crippen molar-refractivity contribution >= 4 is 17.0 Å². The van der Waals surface area contributed by atoms with Crippen molar-refractivity contribution < 1.29 is 8.78 Å². The molecule has 3 heterocycles. The predicted octanol–water partition coefficient (Wildman–Crippen LogP) is 4.13. The average molecular weight is 416 g/mol. The number of hydrogen-bond acceptors (Lipinski definition) is 6. The highest BCUT2D eigenvalue weighted by atomic mass is 19.1. The molecule has 4 aromatic rings. The summed E-state index contributed by atoms with van der Waals surface area (Å²) in [6, 6.07) is 14.0. The van der Waals surface area contributed by atoms with Crippen LogP contribution in [0.2, 0.25) is 0 Å². The van der Waals surface area contributed by atoms with E-state index in [-0.39, 0.29) is 11.6 Å². The van der Waals surface area contributed by atoms with E-state index in [2.05, 4.69) is 10.1 Å². The number of hydrazone groups is 1. The largest absolute Gasteiger partial charge is 0.339 e. The Bertz CT molecular complexity index is 1300. The van der Waals surface area contributed by atoms with Crippen LogP contribution in [-0.4, -0.2) is 51.5 Å². The Hall–Kier alpha value is -3.94. The minimum Gasteiger partial charge on any atom is -0.339 e. The Morgan fingerprint density at radius 2 is 1.35 bits per heavy atom. The van der Waals surface area contributed by atoms with Gasteiger partial charge in [0.2, 0.25) is 0 Å². The van der Waals surface area contributed by atoms with Gasteiger partial charge in [-0.3, -0.25) is 5.01 Å². The van der Waals surface area contributed by atoms with Gasteiger partial charge in [-0.05, 0) is 54.6 Å². The van der Waals surface area contributed by atoms with Gasteiger partial charge in [0.05, 0.1) is 11.4 Å². The van der Waals surface area contributed by atoms with Crippen LogP contribution in [0, 0.1) is 11.6 Å². The van der Waals surface area contributed by atoms with Gasteiger partial charge < -0.3 is 4.90 Å². The standard InChI is InChI=1S/C23H18F2N6/c1-30-13-31(2)29-23(30)16-11-19-22(26-12-16)28-21(15-5-9-18(25)10-6-15)20(27-19)14-3-7-17(24)8-4-14/h3-12H,13H2,1-2H3. The van der Waals surface area contributed by atoms with Crippen molar-refractivity contribution in [2.45, 2.75) is 0 Å². The van der Waals surface area contributed by atoms with Crippen LogP contribution < -0.4 is 0 Å². The normalized spacial score (nSPS) is 13.7. The van der Waals surface area contributed by atoms with Crippen LogP contribution in [0.1, 0.15) is 5.56 Å². The number of nitrogens with zero attached hydrogens (tertiary/aromatic N) is 6. The molecular formula is C23H18F2N6. The summed E-state index contributed by atoms with van der Waals surface area (Å²) in [5.41, 5.74) is 4.40. The summed E-state index contributed by atoms with van der Waals surface area (Å²) in [6.07, 6.45) is 1.72. The third-order valence-electron chi connectivity index (χ3n) is 5.06. The maximum absolute atomic E-state index is 13.5. The molecule has 0 saturated carbocycles. The molecule has 6 nitrogen and oxygen atoms in total. The predicted molar refractivity (Wildman–Crippen MR) is 115 cm³/mol. The van der Waals surface area contributed by atoms with Crippen molar-refractivity contribution in [1.82, 2.24) is 24.9 Å². The lowest BCUT2D eigenvalue weighted by atomic mass is 10.0. The van der Waals surface area contributed by atoms with Gasteiger partial charge in [0, 0.05) is 37.0 Å². The molecule has 0 unspecified atom stereocenters. The molecule has 0 saturated heterocycles. The lowest BCUT2D eigenvalue weighted by Crippen LogP contribution is -2.26. The topological polar surface area (TPSA) is 57.5 Å². The Morgan fingerprint density at radius 1 is 0.774 bits per heavy atom. The van der Waals surface area contributed by atoms with Crippen molar-refractivity contribution in [2.75, 3.05) is 20.8 Å². The highest BCUT2D eigenvalue weighted by Crippen LogP contribution is 2.31. The van der Waals surface area contributed by atoms with Gasteiger partial charge in [0.25, 0.3) is 0 Å². The minimum absolute atomic E-state index is 0.337. The van der Waals surface area contributed by atoms with Gasteiger partial charge in [-0.1, -0.05) is 0 Å². The SMILES string of the molecule is CN1CN(C)C(c2cnc3nc(-c4ccc(F)cc4)c(-c4ccc(F)cc4)nc3c2)=N1. The second-order valence-electron chi connectivity index (χ2n) is 7.42. The lowest BCUT2D eigenvalue weighted by Gasteiger charge is -2.14. The number of hydrogen-bond donors (Lipinski definition) is 0. The van der Waals surface area contributed by atoms with Crippen LogP contribution in [0.25, 0.3) is 33.7 Å². The zero-order valence-corrected chi connectivity index (χ0v) is 16.9. The number of amidine groups is 1. The summed E-state index contributed by atoms with van der Waals surface area (Å²) < 4.78 is 27.0. The lowest BCUT2D eigenvalue weighted by molar-refractivity contribution is 0.303. The van der Waals surface area contributed by atoms with Crippen molar-refractivity contribution in [3.05, 3.63) is 78.0 Å². The van der Waals surface area contributed by atoms with Gasteiger partial charge in [0.15, 0.2) is 11.5 Å². The highest BCUT2D eigenvalue weighted by Gasteiger charge is 2.20. The maximum atomic E-state index is 13.5. The Balaban J connectivity index is 1.71. The Morgan fingerprint density at radius 3 is 1.90 bits per heavy atom. The third kappa shape index (κ3) is 3.56.